The fourth-order valence-corrected chi connectivity index (χ4v) is 6.41. The highest BCUT2D eigenvalue weighted by molar-refractivity contribution is 6.30. The minimum atomic E-state index is -1.01. The molecule has 4 atom stereocenters. The van der Waals surface area contributed by atoms with Gasteiger partial charge in [-0.15, -0.1) is 0 Å². The predicted octanol–water partition coefficient (Wildman–Crippen LogP) is 4.82. The lowest BCUT2D eigenvalue weighted by Crippen LogP contribution is -2.65. The Morgan fingerprint density at radius 2 is 1.68 bits per heavy atom. The highest BCUT2D eigenvalue weighted by atomic mass is 35.5. The van der Waals surface area contributed by atoms with Crippen LogP contribution < -0.4 is 4.74 Å². The van der Waals surface area contributed by atoms with E-state index in [1.54, 1.807) is 4.90 Å². The summed E-state index contributed by atoms with van der Waals surface area (Å²) in [6.45, 7) is 2.84. The number of para-hydroxylation sites is 1. The minimum absolute atomic E-state index is 0.0225. The zero-order valence-electron chi connectivity index (χ0n) is 18.9. The number of fused-ring (bicyclic) bond motifs is 5. The molecule has 3 aliphatic heterocycles. The third-order valence-corrected chi connectivity index (χ3v) is 7.90. The summed E-state index contributed by atoms with van der Waals surface area (Å²) in [6.07, 6.45) is 0. The summed E-state index contributed by atoms with van der Waals surface area (Å²) >= 11 is 6.05. The summed E-state index contributed by atoms with van der Waals surface area (Å²) in [7, 11) is 0. The van der Waals surface area contributed by atoms with Crippen LogP contribution in [0.15, 0.2) is 78.9 Å². The van der Waals surface area contributed by atoms with Crippen molar-refractivity contribution in [1.82, 2.24) is 9.80 Å². The molecule has 172 valence electrons. The third-order valence-electron chi connectivity index (χ3n) is 7.65. The Hall–Kier alpha value is -3.31. The Balaban J connectivity index is 1.47. The second-order valence-corrected chi connectivity index (χ2v) is 9.98. The van der Waals surface area contributed by atoms with Gasteiger partial charge in [0.1, 0.15) is 17.8 Å². The van der Waals surface area contributed by atoms with E-state index in [1.165, 1.54) is 0 Å². The van der Waals surface area contributed by atoms with Crippen LogP contribution in [0.3, 0.4) is 0 Å². The highest BCUT2D eigenvalue weighted by Crippen LogP contribution is 2.59. The van der Waals surface area contributed by atoms with Crippen molar-refractivity contribution < 1.29 is 14.3 Å². The van der Waals surface area contributed by atoms with Crippen molar-refractivity contribution in [2.45, 2.75) is 31.0 Å². The molecule has 0 bridgehead atoms. The Kier molecular flexibility index (Phi) is 4.92. The minimum Gasteiger partial charge on any atom is -0.493 e. The maximum absolute atomic E-state index is 14.2. The van der Waals surface area contributed by atoms with Gasteiger partial charge >= 0.3 is 0 Å². The smallest absolute Gasteiger partial charge is 0.249 e. The quantitative estimate of drug-likeness (QED) is 0.549. The van der Waals surface area contributed by atoms with Crippen molar-refractivity contribution in [3.63, 3.8) is 0 Å². The molecule has 3 heterocycles. The van der Waals surface area contributed by atoms with Crippen LogP contribution in [0, 0.1) is 5.92 Å². The number of benzene rings is 3. The molecule has 34 heavy (non-hydrogen) atoms. The first-order valence-electron chi connectivity index (χ1n) is 11.6. The molecule has 5 nitrogen and oxygen atoms in total. The number of nitrogens with zero attached hydrogens (tertiary/aromatic N) is 2. The van der Waals surface area contributed by atoms with Crippen LogP contribution in [-0.2, 0) is 16.1 Å². The Morgan fingerprint density at radius 3 is 2.44 bits per heavy atom. The maximum Gasteiger partial charge on any atom is 0.249 e. The van der Waals surface area contributed by atoms with E-state index in [1.807, 2.05) is 78.6 Å². The largest absolute Gasteiger partial charge is 0.493 e. The Morgan fingerprint density at radius 1 is 0.971 bits per heavy atom. The molecule has 3 aromatic rings. The summed E-state index contributed by atoms with van der Waals surface area (Å²) in [4.78, 5) is 31.6. The van der Waals surface area contributed by atoms with Gasteiger partial charge in [0.2, 0.25) is 11.8 Å². The average Bonchev–Trinajstić information content (AvgIpc) is 3.14. The highest BCUT2D eigenvalue weighted by Gasteiger charge is 2.66. The third kappa shape index (κ3) is 3.07. The van der Waals surface area contributed by atoms with Crippen LogP contribution in [0.2, 0.25) is 5.02 Å². The molecule has 0 saturated carbocycles. The molecular formula is C28H25ClN2O3. The Labute approximate surface area is 203 Å². The van der Waals surface area contributed by atoms with Gasteiger partial charge in [-0.3, -0.25) is 9.59 Å². The fraction of sp³-hybridized carbons (Fsp3) is 0.286. The summed E-state index contributed by atoms with van der Waals surface area (Å²) < 4.78 is 6.17. The molecule has 6 heteroatoms. The van der Waals surface area contributed by atoms with Gasteiger partial charge in [-0.05, 0) is 36.2 Å². The van der Waals surface area contributed by atoms with E-state index in [4.69, 9.17) is 16.3 Å². The number of rotatable bonds is 3. The molecule has 0 radical (unpaired) electrons. The van der Waals surface area contributed by atoms with E-state index >= 15 is 0 Å². The first kappa shape index (κ1) is 21.2. The van der Waals surface area contributed by atoms with Gasteiger partial charge in [-0.1, -0.05) is 72.3 Å². The van der Waals surface area contributed by atoms with Gasteiger partial charge < -0.3 is 14.5 Å². The van der Waals surface area contributed by atoms with Crippen molar-refractivity contribution in [2.75, 3.05) is 13.2 Å². The lowest BCUT2D eigenvalue weighted by Gasteiger charge is -2.47. The molecule has 3 aliphatic rings. The molecule has 0 aliphatic carbocycles. The molecule has 6 rings (SSSR count). The standard InChI is InChI=1S/C28H25ClN2O3/c1-28-25(19-7-3-2-4-8-19)22-17-34-23-10-6-5-9-21(23)26(22)31(28)24(32)16-30(27(28)33)15-18-11-13-20(29)14-12-18/h2-14,22,25-26H,15-17H2,1H3/t22?,25?,26?,28-/m1/s1. The van der Waals surface area contributed by atoms with E-state index in [0.717, 1.165) is 22.4 Å². The van der Waals surface area contributed by atoms with Crippen LogP contribution in [0.4, 0.5) is 0 Å². The zero-order chi connectivity index (χ0) is 23.4. The first-order valence-corrected chi connectivity index (χ1v) is 12.0. The van der Waals surface area contributed by atoms with Crippen LogP contribution in [0.1, 0.15) is 35.6 Å². The number of carbonyl (C=O) groups is 2. The van der Waals surface area contributed by atoms with E-state index in [2.05, 4.69) is 12.1 Å². The van der Waals surface area contributed by atoms with Crippen molar-refractivity contribution in [1.29, 1.82) is 0 Å². The van der Waals surface area contributed by atoms with Crippen LogP contribution >= 0.6 is 11.6 Å². The maximum atomic E-state index is 14.2. The number of hydrogen-bond acceptors (Lipinski definition) is 3. The summed E-state index contributed by atoms with van der Waals surface area (Å²) in [6, 6.07) is 25.2. The predicted molar refractivity (Wildman–Crippen MR) is 129 cm³/mol. The number of piperazine rings is 1. The van der Waals surface area contributed by atoms with Gasteiger partial charge in [0.25, 0.3) is 0 Å². The summed E-state index contributed by atoms with van der Waals surface area (Å²) in [5.74, 6) is 0.537. The van der Waals surface area contributed by atoms with Crippen molar-refractivity contribution >= 4 is 23.4 Å². The molecule has 2 fully saturated rings. The second kappa shape index (κ2) is 7.88. The average molecular weight is 473 g/mol. The molecule has 3 unspecified atom stereocenters. The van der Waals surface area contributed by atoms with Crippen molar-refractivity contribution in [2.24, 2.45) is 5.92 Å². The van der Waals surface area contributed by atoms with E-state index < -0.39 is 5.54 Å². The lowest BCUT2D eigenvalue weighted by atomic mass is 9.73. The topological polar surface area (TPSA) is 49.9 Å². The number of halogens is 1. The van der Waals surface area contributed by atoms with E-state index in [0.29, 0.717) is 18.2 Å². The zero-order valence-corrected chi connectivity index (χ0v) is 19.6. The molecular weight excluding hydrogens is 448 g/mol. The molecule has 2 saturated heterocycles. The van der Waals surface area contributed by atoms with Crippen molar-refractivity contribution in [3.8, 4) is 5.75 Å². The lowest BCUT2D eigenvalue weighted by molar-refractivity contribution is -0.164. The summed E-state index contributed by atoms with van der Waals surface area (Å²) in [5.41, 5.74) is 1.97. The first-order chi connectivity index (χ1) is 16.5. The van der Waals surface area contributed by atoms with E-state index in [-0.39, 0.29) is 36.2 Å². The van der Waals surface area contributed by atoms with Crippen molar-refractivity contribution in [3.05, 3.63) is 101 Å². The van der Waals surface area contributed by atoms with Crippen LogP contribution in [0.25, 0.3) is 0 Å². The second-order valence-electron chi connectivity index (χ2n) is 9.54. The molecule has 3 aromatic carbocycles. The number of ether oxygens (including phenoxy) is 1. The van der Waals surface area contributed by atoms with Gasteiger partial charge in [-0.25, -0.2) is 0 Å². The Bertz CT molecular complexity index is 1260. The summed E-state index contributed by atoms with van der Waals surface area (Å²) in [5, 5.41) is 0.644. The normalized spacial score (nSPS) is 27.6. The SMILES string of the molecule is C[C@@]12C(=O)N(Cc3ccc(Cl)cc3)CC(=O)N1C1c3ccccc3OCC1C2c1ccccc1. The van der Waals surface area contributed by atoms with Crippen LogP contribution in [-0.4, -0.2) is 40.3 Å². The number of hydrogen-bond donors (Lipinski definition) is 0. The number of carbonyl (C=O) groups excluding carboxylic acids is 2. The van der Waals surface area contributed by atoms with Gasteiger partial charge in [-0.2, -0.15) is 0 Å². The monoisotopic (exact) mass is 472 g/mol. The number of amides is 2. The van der Waals surface area contributed by atoms with Gasteiger partial charge in [0.05, 0.1) is 12.6 Å². The van der Waals surface area contributed by atoms with Gasteiger partial charge in [0, 0.05) is 29.0 Å². The van der Waals surface area contributed by atoms with Crippen LogP contribution in [0.5, 0.6) is 5.75 Å². The fourth-order valence-electron chi connectivity index (χ4n) is 6.28. The molecule has 0 aromatic heterocycles. The van der Waals surface area contributed by atoms with Gasteiger partial charge in [0.15, 0.2) is 0 Å². The van der Waals surface area contributed by atoms with E-state index in [9.17, 15) is 9.59 Å². The molecule has 2 amide bonds. The molecule has 0 N–H and O–H groups in total. The molecule has 0 spiro atoms.